The number of amides is 1. The van der Waals surface area contributed by atoms with Gasteiger partial charge < -0.3 is 9.80 Å². The molecule has 0 aliphatic rings. The van der Waals surface area contributed by atoms with Crippen molar-refractivity contribution in [2.24, 2.45) is 0 Å². The van der Waals surface area contributed by atoms with Gasteiger partial charge in [-0.15, -0.1) is 5.10 Å². The number of nitrogens with zero attached hydrogens (tertiary/aromatic N) is 5. The molecule has 25 heavy (non-hydrogen) atoms. The van der Waals surface area contributed by atoms with Crippen molar-refractivity contribution in [1.29, 1.82) is 0 Å². The van der Waals surface area contributed by atoms with Crippen LogP contribution >= 0.6 is 11.3 Å². The van der Waals surface area contributed by atoms with E-state index < -0.39 is 0 Å². The molecule has 132 valence electrons. The molecule has 0 spiro atoms. The van der Waals surface area contributed by atoms with Gasteiger partial charge in [-0.1, -0.05) is 24.3 Å². The molecule has 0 radical (unpaired) electrons. The topological polar surface area (TPSA) is 54.3 Å². The fourth-order valence-corrected chi connectivity index (χ4v) is 3.27. The largest absolute Gasteiger partial charge is 0.335 e. The second-order valence-corrected chi connectivity index (χ2v) is 6.86. The third-order valence-corrected chi connectivity index (χ3v) is 5.04. The third-order valence-electron chi connectivity index (χ3n) is 4.30. The molecule has 0 aliphatic heterocycles. The van der Waals surface area contributed by atoms with E-state index in [1.807, 2.05) is 34.5 Å². The van der Waals surface area contributed by atoms with Crippen molar-refractivity contribution >= 4 is 28.3 Å². The lowest BCUT2D eigenvalue weighted by Gasteiger charge is -2.25. The van der Waals surface area contributed by atoms with Gasteiger partial charge in [0.05, 0.1) is 5.52 Å². The summed E-state index contributed by atoms with van der Waals surface area (Å²) in [6.45, 7) is 5.48. The standard InChI is InChI=1S/C18H23N5OS/c1-3-21(2)9-10-22(12-15-8-11-25-14-15)18(24)13-23-17-7-5-4-6-16(17)19-20-23/h4-8,11,14H,3,9-10,12-13H2,1-2H3. The first-order valence-corrected chi connectivity index (χ1v) is 9.37. The normalized spacial score (nSPS) is 11.3. The Kier molecular flexibility index (Phi) is 5.78. The van der Waals surface area contributed by atoms with E-state index in [0.717, 1.165) is 24.1 Å². The summed E-state index contributed by atoms with van der Waals surface area (Å²) in [6.07, 6.45) is 0. The summed E-state index contributed by atoms with van der Waals surface area (Å²) in [6, 6.07) is 9.78. The second kappa shape index (κ2) is 8.22. The van der Waals surface area contributed by atoms with Gasteiger partial charge in [-0.05, 0) is 48.1 Å². The molecular formula is C18H23N5OS. The molecule has 0 fully saturated rings. The van der Waals surface area contributed by atoms with Crippen LogP contribution in [0.15, 0.2) is 41.1 Å². The molecule has 1 aromatic carbocycles. The van der Waals surface area contributed by atoms with E-state index in [1.54, 1.807) is 16.0 Å². The van der Waals surface area contributed by atoms with E-state index in [2.05, 4.69) is 40.6 Å². The highest BCUT2D eigenvalue weighted by atomic mass is 32.1. The van der Waals surface area contributed by atoms with E-state index in [0.29, 0.717) is 13.1 Å². The van der Waals surface area contributed by atoms with Crippen molar-refractivity contribution in [2.75, 3.05) is 26.7 Å². The minimum atomic E-state index is 0.0614. The van der Waals surface area contributed by atoms with E-state index in [-0.39, 0.29) is 12.5 Å². The Hall–Kier alpha value is -2.25. The van der Waals surface area contributed by atoms with Gasteiger partial charge in [0.15, 0.2) is 0 Å². The van der Waals surface area contributed by atoms with Gasteiger partial charge in [0.2, 0.25) is 5.91 Å². The predicted octanol–water partition coefficient (Wildman–Crippen LogP) is 2.47. The molecule has 0 N–H and O–H groups in total. The fourth-order valence-electron chi connectivity index (χ4n) is 2.61. The van der Waals surface area contributed by atoms with E-state index >= 15 is 0 Å². The van der Waals surface area contributed by atoms with Gasteiger partial charge in [-0.25, -0.2) is 4.68 Å². The number of carbonyl (C=O) groups excluding carboxylic acids is 1. The summed E-state index contributed by atoms with van der Waals surface area (Å²) < 4.78 is 1.68. The second-order valence-electron chi connectivity index (χ2n) is 6.08. The molecular weight excluding hydrogens is 334 g/mol. The molecule has 2 aromatic heterocycles. The van der Waals surface area contributed by atoms with Crippen LogP contribution in [0.4, 0.5) is 0 Å². The van der Waals surface area contributed by atoms with Crippen LogP contribution in [-0.2, 0) is 17.9 Å². The quantitative estimate of drug-likeness (QED) is 0.621. The molecule has 6 nitrogen and oxygen atoms in total. The van der Waals surface area contributed by atoms with Crippen LogP contribution in [-0.4, -0.2) is 57.4 Å². The minimum Gasteiger partial charge on any atom is -0.335 e. The summed E-state index contributed by atoms with van der Waals surface area (Å²) in [5, 5.41) is 12.4. The first-order chi connectivity index (χ1) is 12.2. The number of para-hydroxylation sites is 1. The van der Waals surface area contributed by atoms with Crippen LogP contribution < -0.4 is 0 Å². The van der Waals surface area contributed by atoms with Crippen molar-refractivity contribution in [3.05, 3.63) is 46.7 Å². The Morgan fingerprint density at radius 1 is 1.24 bits per heavy atom. The zero-order chi connectivity index (χ0) is 17.6. The van der Waals surface area contributed by atoms with Crippen molar-refractivity contribution in [2.45, 2.75) is 20.0 Å². The number of thiophene rings is 1. The van der Waals surface area contributed by atoms with E-state index in [9.17, 15) is 4.79 Å². The molecule has 7 heteroatoms. The molecule has 3 aromatic rings. The number of carbonyl (C=O) groups is 1. The smallest absolute Gasteiger partial charge is 0.244 e. The average molecular weight is 357 g/mol. The van der Waals surface area contributed by atoms with Gasteiger partial charge >= 0.3 is 0 Å². The maximum absolute atomic E-state index is 12.9. The first-order valence-electron chi connectivity index (χ1n) is 8.43. The number of aromatic nitrogens is 3. The molecule has 0 atom stereocenters. The lowest BCUT2D eigenvalue weighted by Crippen LogP contribution is -2.39. The highest BCUT2D eigenvalue weighted by Gasteiger charge is 2.17. The lowest BCUT2D eigenvalue weighted by atomic mass is 10.3. The molecule has 0 aliphatic carbocycles. The monoisotopic (exact) mass is 357 g/mol. The van der Waals surface area contributed by atoms with Gasteiger partial charge in [-0.3, -0.25) is 4.79 Å². The third kappa shape index (κ3) is 4.43. The maximum Gasteiger partial charge on any atom is 0.244 e. The van der Waals surface area contributed by atoms with Gasteiger partial charge in [0.1, 0.15) is 12.1 Å². The highest BCUT2D eigenvalue weighted by Crippen LogP contribution is 2.13. The van der Waals surface area contributed by atoms with Crippen molar-refractivity contribution in [1.82, 2.24) is 24.8 Å². The van der Waals surface area contributed by atoms with Crippen LogP contribution in [0.1, 0.15) is 12.5 Å². The summed E-state index contributed by atoms with van der Waals surface area (Å²) in [5.74, 6) is 0.0614. The first kappa shape index (κ1) is 17.6. The molecule has 2 heterocycles. The SMILES string of the molecule is CCN(C)CCN(Cc1ccsc1)C(=O)Cn1nnc2ccccc21. The number of benzene rings is 1. The summed E-state index contributed by atoms with van der Waals surface area (Å²) in [4.78, 5) is 17.0. The highest BCUT2D eigenvalue weighted by molar-refractivity contribution is 7.07. The Morgan fingerprint density at radius 2 is 2.08 bits per heavy atom. The fraction of sp³-hybridized carbons (Fsp3) is 0.389. The molecule has 3 rings (SSSR count). The minimum absolute atomic E-state index is 0.0614. The summed E-state index contributed by atoms with van der Waals surface area (Å²) >= 11 is 1.65. The van der Waals surface area contributed by atoms with Crippen molar-refractivity contribution < 1.29 is 4.79 Å². The van der Waals surface area contributed by atoms with Gasteiger partial charge in [-0.2, -0.15) is 11.3 Å². The summed E-state index contributed by atoms with van der Waals surface area (Å²) in [7, 11) is 2.07. The maximum atomic E-state index is 12.9. The van der Waals surface area contributed by atoms with Gasteiger partial charge in [0.25, 0.3) is 0 Å². The Bertz CT molecular complexity index is 814. The molecule has 0 saturated carbocycles. The van der Waals surface area contributed by atoms with Crippen molar-refractivity contribution in [3.63, 3.8) is 0 Å². The Labute approximate surface area is 151 Å². The number of rotatable bonds is 8. The molecule has 1 amide bonds. The van der Waals surface area contributed by atoms with Crippen LogP contribution in [0.5, 0.6) is 0 Å². The Morgan fingerprint density at radius 3 is 2.84 bits per heavy atom. The zero-order valence-electron chi connectivity index (χ0n) is 14.6. The Balaban J connectivity index is 1.73. The predicted molar refractivity (Wildman–Crippen MR) is 100 cm³/mol. The van der Waals surface area contributed by atoms with E-state index in [1.165, 1.54) is 5.56 Å². The number of fused-ring (bicyclic) bond motifs is 1. The zero-order valence-corrected chi connectivity index (χ0v) is 15.4. The number of likely N-dealkylation sites (N-methyl/N-ethyl adjacent to an activating group) is 1. The van der Waals surface area contributed by atoms with E-state index in [4.69, 9.17) is 0 Å². The average Bonchev–Trinajstić information content (AvgIpc) is 3.28. The van der Waals surface area contributed by atoms with Crippen LogP contribution in [0, 0.1) is 0 Å². The van der Waals surface area contributed by atoms with Crippen LogP contribution in [0.3, 0.4) is 0 Å². The molecule has 0 unspecified atom stereocenters. The van der Waals surface area contributed by atoms with Crippen molar-refractivity contribution in [3.8, 4) is 0 Å². The van der Waals surface area contributed by atoms with Crippen LogP contribution in [0.25, 0.3) is 11.0 Å². The summed E-state index contributed by atoms with van der Waals surface area (Å²) in [5.41, 5.74) is 2.86. The molecule has 0 bridgehead atoms. The van der Waals surface area contributed by atoms with Gasteiger partial charge in [0, 0.05) is 19.6 Å². The molecule has 0 saturated heterocycles. The number of hydrogen-bond donors (Lipinski definition) is 0. The lowest BCUT2D eigenvalue weighted by molar-refractivity contribution is -0.132. The van der Waals surface area contributed by atoms with Crippen LogP contribution in [0.2, 0.25) is 0 Å². The number of hydrogen-bond acceptors (Lipinski definition) is 5.